The minimum absolute atomic E-state index is 0.302. The lowest BCUT2D eigenvalue weighted by atomic mass is 10.2. The van der Waals surface area contributed by atoms with Gasteiger partial charge in [-0.15, -0.1) is 0 Å². The van der Waals surface area contributed by atoms with Gasteiger partial charge in [0.2, 0.25) is 5.13 Å². The van der Waals surface area contributed by atoms with Crippen LogP contribution in [0.2, 0.25) is 5.02 Å². The highest BCUT2D eigenvalue weighted by Crippen LogP contribution is 2.30. The van der Waals surface area contributed by atoms with Gasteiger partial charge in [-0.2, -0.15) is 10.1 Å². The van der Waals surface area contributed by atoms with Gasteiger partial charge in [-0.3, -0.25) is 4.79 Å². The van der Waals surface area contributed by atoms with Crippen molar-refractivity contribution in [2.24, 2.45) is 5.10 Å². The first-order valence-corrected chi connectivity index (χ1v) is 8.93. The van der Waals surface area contributed by atoms with Crippen molar-refractivity contribution in [3.8, 4) is 0 Å². The van der Waals surface area contributed by atoms with Crippen LogP contribution in [0.25, 0.3) is 10.2 Å². The Hall–Kier alpha value is -2.96. The summed E-state index contributed by atoms with van der Waals surface area (Å²) < 4.78 is 6.23. The van der Waals surface area contributed by atoms with Crippen molar-refractivity contribution < 1.29 is 9.21 Å². The van der Waals surface area contributed by atoms with Gasteiger partial charge in [-0.05, 0) is 48.5 Å². The van der Waals surface area contributed by atoms with Gasteiger partial charge in [0.05, 0.1) is 22.7 Å². The molecule has 7 heteroatoms. The molecule has 5 nitrogen and oxygen atoms in total. The molecule has 0 aliphatic rings. The van der Waals surface area contributed by atoms with Gasteiger partial charge in [0, 0.05) is 10.6 Å². The molecule has 0 fully saturated rings. The number of para-hydroxylation sites is 1. The van der Waals surface area contributed by atoms with Crippen molar-refractivity contribution in [2.75, 3.05) is 5.01 Å². The number of thiazole rings is 1. The van der Waals surface area contributed by atoms with Gasteiger partial charge >= 0.3 is 0 Å². The lowest BCUT2D eigenvalue weighted by molar-refractivity contribution is 0.0988. The molecule has 0 bridgehead atoms. The Morgan fingerprint density at radius 1 is 1.12 bits per heavy atom. The molecule has 2 aromatic carbocycles. The molecule has 0 N–H and O–H groups in total. The summed E-state index contributed by atoms with van der Waals surface area (Å²) in [5.74, 6) is 0.239. The van der Waals surface area contributed by atoms with E-state index in [1.807, 2.05) is 24.3 Å². The fraction of sp³-hybridized carbons (Fsp3) is 0. The number of nitrogens with zero attached hydrogens (tertiary/aromatic N) is 3. The van der Waals surface area contributed by atoms with Crippen molar-refractivity contribution >= 4 is 50.4 Å². The summed E-state index contributed by atoms with van der Waals surface area (Å²) in [5, 5.41) is 6.63. The molecule has 0 aliphatic heterocycles. The third-order valence-electron chi connectivity index (χ3n) is 3.59. The molecule has 0 atom stereocenters. The second-order valence-electron chi connectivity index (χ2n) is 5.35. The van der Waals surface area contributed by atoms with Gasteiger partial charge in [-0.1, -0.05) is 35.1 Å². The molecule has 0 aliphatic carbocycles. The molecule has 0 saturated heterocycles. The summed E-state index contributed by atoms with van der Waals surface area (Å²) in [6.07, 6.45) is 3.03. The van der Waals surface area contributed by atoms with E-state index in [9.17, 15) is 4.79 Å². The zero-order valence-corrected chi connectivity index (χ0v) is 14.9. The lowest BCUT2D eigenvalue weighted by Crippen LogP contribution is -2.25. The maximum atomic E-state index is 13.0. The van der Waals surface area contributed by atoms with Crippen molar-refractivity contribution in [3.05, 3.63) is 83.3 Å². The predicted octanol–water partition coefficient (Wildman–Crippen LogP) is 5.22. The average molecular weight is 382 g/mol. The van der Waals surface area contributed by atoms with Crippen molar-refractivity contribution in [1.29, 1.82) is 0 Å². The summed E-state index contributed by atoms with van der Waals surface area (Å²) in [7, 11) is 0. The normalized spacial score (nSPS) is 11.3. The molecule has 1 amide bonds. The van der Waals surface area contributed by atoms with Gasteiger partial charge in [0.1, 0.15) is 5.76 Å². The molecular weight excluding hydrogens is 370 g/mol. The monoisotopic (exact) mass is 381 g/mol. The molecule has 0 unspecified atom stereocenters. The van der Waals surface area contributed by atoms with E-state index in [2.05, 4.69) is 10.1 Å². The van der Waals surface area contributed by atoms with Crippen LogP contribution in [0.3, 0.4) is 0 Å². The number of aromatic nitrogens is 1. The van der Waals surface area contributed by atoms with Crippen molar-refractivity contribution in [2.45, 2.75) is 0 Å². The standard InChI is InChI=1S/C19H12ClN3O2S/c20-14-9-7-13(8-10-14)18(24)23(21-12-15-4-3-11-25-15)19-22-16-5-1-2-6-17(16)26-19/h1-12H/b21-12+. The summed E-state index contributed by atoms with van der Waals surface area (Å²) >= 11 is 7.31. The maximum absolute atomic E-state index is 13.0. The molecule has 0 spiro atoms. The Labute approximate surface area is 158 Å². The summed E-state index contributed by atoms with van der Waals surface area (Å²) in [4.78, 5) is 17.5. The van der Waals surface area contributed by atoms with Crippen LogP contribution in [0, 0.1) is 0 Å². The number of fused-ring (bicyclic) bond motifs is 1. The number of halogens is 1. The van der Waals surface area contributed by atoms with Crippen LogP contribution in [0.1, 0.15) is 16.1 Å². The third kappa shape index (κ3) is 3.37. The number of anilines is 1. The van der Waals surface area contributed by atoms with Gasteiger partial charge in [0.15, 0.2) is 0 Å². The van der Waals surface area contributed by atoms with Crippen molar-refractivity contribution in [3.63, 3.8) is 0 Å². The fourth-order valence-corrected chi connectivity index (χ4v) is 3.38. The molecule has 26 heavy (non-hydrogen) atoms. The van der Waals surface area contributed by atoms with E-state index >= 15 is 0 Å². The first kappa shape index (κ1) is 16.5. The summed E-state index contributed by atoms with van der Waals surface area (Å²) in [5.41, 5.74) is 1.28. The minimum atomic E-state index is -0.302. The largest absolute Gasteiger partial charge is 0.463 e. The quantitative estimate of drug-likeness (QED) is 0.359. The van der Waals surface area contributed by atoms with E-state index in [0.717, 1.165) is 10.2 Å². The van der Waals surface area contributed by atoms with Crippen LogP contribution >= 0.6 is 22.9 Å². The van der Waals surface area contributed by atoms with Crippen LogP contribution in [0.4, 0.5) is 5.13 Å². The number of rotatable bonds is 4. The number of furan rings is 1. The number of carbonyl (C=O) groups is 1. The minimum Gasteiger partial charge on any atom is -0.463 e. The van der Waals surface area contributed by atoms with Crippen LogP contribution in [-0.4, -0.2) is 17.1 Å². The number of benzene rings is 2. The molecule has 0 saturated carbocycles. The fourth-order valence-electron chi connectivity index (χ4n) is 2.33. The molecule has 0 radical (unpaired) electrons. The Kier molecular flexibility index (Phi) is 4.51. The number of hydrogen-bond acceptors (Lipinski definition) is 5. The molecule has 128 valence electrons. The zero-order chi connectivity index (χ0) is 17.9. The third-order valence-corrected chi connectivity index (χ3v) is 4.85. The SMILES string of the molecule is O=C(c1ccc(Cl)cc1)N(/N=C/c1ccco1)c1nc2ccccc2s1. The van der Waals surface area contributed by atoms with Gasteiger partial charge in [-0.25, -0.2) is 4.98 Å². The van der Waals surface area contributed by atoms with Gasteiger partial charge in [0.25, 0.3) is 5.91 Å². The van der Waals surface area contributed by atoms with E-state index in [1.54, 1.807) is 42.7 Å². The second kappa shape index (κ2) is 7.11. The van der Waals surface area contributed by atoms with Crippen molar-refractivity contribution in [1.82, 2.24) is 4.98 Å². The van der Waals surface area contributed by atoms with E-state index in [1.165, 1.54) is 22.6 Å². The number of hydrazone groups is 1. The number of amides is 1. The molecule has 4 rings (SSSR count). The Balaban J connectivity index is 1.75. The van der Waals surface area contributed by atoms with Gasteiger partial charge < -0.3 is 4.42 Å². The number of carbonyl (C=O) groups excluding carboxylic acids is 1. The molecular formula is C19H12ClN3O2S. The van der Waals surface area contributed by atoms with Crippen LogP contribution < -0.4 is 5.01 Å². The average Bonchev–Trinajstić information content (AvgIpc) is 3.31. The Morgan fingerprint density at radius 3 is 2.65 bits per heavy atom. The highest BCUT2D eigenvalue weighted by Gasteiger charge is 2.21. The highest BCUT2D eigenvalue weighted by atomic mass is 35.5. The maximum Gasteiger partial charge on any atom is 0.280 e. The zero-order valence-electron chi connectivity index (χ0n) is 13.4. The summed E-state index contributed by atoms with van der Waals surface area (Å²) in [6.45, 7) is 0. The van der Waals surface area contributed by atoms with Crippen LogP contribution in [0.15, 0.2) is 76.4 Å². The lowest BCUT2D eigenvalue weighted by Gasteiger charge is -2.13. The summed E-state index contributed by atoms with van der Waals surface area (Å²) in [6, 6.07) is 17.9. The topological polar surface area (TPSA) is 58.7 Å². The molecule has 4 aromatic rings. The van der Waals surface area contributed by atoms with Crippen LogP contribution in [0.5, 0.6) is 0 Å². The first-order chi connectivity index (χ1) is 12.7. The highest BCUT2D eigenvalue weighted by molar-refractivity contribution is 7.22. The van der Waals surface area contributed by atoms with Crippen LogP contribution in [-0.2, 0) is 0 Å². The first-order valence-electron chi connectivity index (χ1n) is 7.74. The number of hydrogen-bond donors (Lipinski definition) is 0. The van der Waals surface area contributed by atoms with E-state index in [0.29, 0.717) is 21.5 Å². The van der Waals surface area contributed by atoms with E-state index < -0.39 is 0 Å². The van der Waals surface area contributed by atoms with E-state index in [-0.39, 0.29) is 5.91 Å². The Morgan fingerprint density at radius 2 is 1.92 bits per heavy atom. The van der Waals surface area contributed by atoms with E-state index in [4.69, 9.17) is 16.0 Å². The molecule has 2 heterocycles. The molecule has 2 aromatic heterocycles. The predicted molar refractivity (Wildman–Crippen MR) is 104 cm³/mol. The second-order valence-corrected chi connectivity index (χ2v) is 6.79. The smallest absolute Gasteiger partial charge is 0.280 e. The Bertz CT molecular complexity index is 1040.